The normalized spacial score (nSPS) is 12.4. The Labute approximate surface area is 129 Å². The lowest BCUT2D eigenvalue weighted by atomic mass is 10.1. The van der Waals surface area contributed by atoms with E-state index >= 15 is 0 Å². The van der Waals surface area contributed by atoms with E-state index in [4.69, 9.17) is 0 Å². The van der Waals surface area contributed by atoms with Gasteiger partial charge < -0.3 is 9.88 Å². The summed E-state index contributed by atoms with van der Waals surface area (Å²) in [7, 11) is 0. The Hall–Kier alpha value is -2.47. The molecule has 0 saturated heterocycles. The van der Waals surface area contributed by atoms with Crippen LogP contribution in [0.3, 0.4) is 0 Å². The molecule has 0 aromatic carbocycles. The molecule has 3 heterocycles. The average molecular weight is 296 g/mol. The minimum absolute atomic E-state index is 0.531. The largest absolute Gasteiger partial charge is 0.337 e. The van der Waals surface area contributed by atoms with Crippen molar-refractivity contribution in [3.8, 4) is 11.3 Å². The molecule has 0 fully saturated rings. The monoisotopic (exact) mass is 296 g/mol. The van der Waals surface area contributed by atoms with Crippen LogP contribution < -0.4 is 5.32 Å². The fraction of sp³-hybridized carbons (Fsp3) is 0.312. The summed E-state index contributed by atoms with van der Waals surface area (Å²) in [6, 6.07) is 3.96. The summed E-state index contributed by atoms with van der Waals surface area (Å²) in [5.74, 6) is 0.531. The Morgan fingerprint density at radius 2 is 2.23 bits per heavy atom. The molecule has 1 atom stereocenters. The van der Waals surface area contributed by atoms with Crippen molar-refractivity contribution in [1.82, 2.24) is 30.0 Å². The fourth-order valence-electron chi connectivity index (χ4n) is 2.48. The van der Waals surface area contributed by atoms with E-state index in [0.717, 1.165) is 36.5 Å². The maximum atomic E-state index is 4.16. The van der Waals surface area contributed by atoms with Crippen LogP contribution in [-0.2, 0) is 13.1 Å². The highest BCUT2D eigenvalue weighted by molar-refractivity contribution is 5.61. The van der Waals surface area contributed by atoms with Crippen molar-refractivity contribution in [2.24, 2.45) is 5.92 Å². The molecule has 0 aliphatic carbocycles. The number of pyridine rings is 1. The van der Waals surface area contributed by atoms with E-state index in [2.05, 4.69) is 37.0 Å². The molecule has 0 bridgehead atoms. The molecule has 3 rings (SSSR count). The summed E-state index contributed by atoms with van der Waals surface area (Å²) in [5.41, 5.74) is 3.24. The van der Waals surface area contributed by atoms with Crippen molar-refractivity contribution in [3.63, 3.8) is 0 Å². The molecule has 0 spiro atoms. The number of imidazole rings is 1. The van der Waals surface area contributed by atoms with Gasteiger partial charge in [0.25, 0.3) is 0 Å². The molecular weight excluding hydrogens is 276 g/mol. The standard InChI is InChI=1S/C16H20N6/c1-13(11-22-6-5-18-12-22)7-19-9-15-10-20-21-16(15)14-3-2-4-17-8-14/h2-6,8,10,12-13,19H,7,9,11H2,1H3,(H,20,21). The number of aromatic amines is 1. The lowest BCUT2D eigenvalue weighted by Crippen LogP contribution is -2.23. The zero-order valence-corrected chi connectivity index (χ0v) is 12.6. The highest BCUT2D eigenvalue weighted by Gasteiger charge is 2.08. The van der Waals surface area contributed by atoms with Gasteiger partial charge in [0.1, 0.15) is 0 Å². The zero-order valence-electron chi connectivity index (χ0n) is 12.6. The molecule has 22 heavy (non-hydrogen) atoms. The Morgan fingerprint density at radius 3 is 3.00 bits per heavy atom. The van der Waals surface area contributed by atoms with E-state index in [1.54, 1.807) is 6.20 Å². The van der Waals surface area contributed by atoms with Gasteiger partial charge in [-0.3, -0.25) is 10.1 Å². The Bertz CT molecular complexity index is 674. The summed E-state index contributed by atoms with van der Waals surface area (Å²) in [6.45, 7) is 4.92. The second-order valence-electron chi connectivity index (χ2n) is 5.51. The van der Waals surface area contributed by atoms with Crippen LogP contribution in [0.4, 0.5) is 0 Å². The molecule has 0 aliphatic rings. The van der Waals surface area contributed by atoms with Crippen LogP contribution in [0.15, 0.2) is 49.4 Å². The van der Waals surface area contributed by atoms with Crippen LogP contribution in [0, 0.1) is 5.92 Å². The summed E-state index contributed by atoms with van der Waals surface area (Å²) in [6.07, 6.45) is 11.1. The lowest BCUT2D eigenvalue weighted by Gasteiger charge is -2.13. The predicted molar refractivity (Wildman–Crippen MR) is 84.9 cm³/mol. The second-order valence-corrected chi connectivity index (χ2v) is 5.51. The molecule has 0 saturated carbocycles. The molecule has 0 amide bonds. The molecule has 0 aliphatic heterocycles. The zero-order chi connectivity index (χ0) is 15.2. The van der Waals surface area contributed by atoms with Crippen molar-refractivity contribution >= 4 is 0 Å². The molecule has 3 aromatic heterocycles. The van der Waals surface area contributed by atoms with E-state index in [1.807, 2.05) is 43.2 Å². The number of hydrogen-bond donors (Lipinski definition) is 2. The Kier molecular flexibility index (Phi) is 4.60. The fourth-order valence-corrected chi connectivity index (χ4v) is 2.48. The van der Waals surface area contributed by atoms with Crippen LogP contribution in [0.2, 0.25) is 0 Å². The molecule has 2 N–H and O–H groups in total. The SMILES string of the molecule is CC(CNCc1cn[nH]c1-c1cccnc1)Cn1ccnc1. The van der Waals surface area contributed by atoms with Gasteiger partial charge in [0.05, 0.1) is 18.2 Å². The van der Waals surface area contributed by atoms with Crippen LogP contribution in [-0.4, -0.2) is 31.3 Å². The van der Waals surface area contributed by atoms with Gasteiger partial charge in [-0.1, -0.05) is 6.92 Å². The van der Waals surface area contributed by atoms with Gasteiger partial charge in [0, 0.05) is 49.0 Å². The van der Waals surface area contributed by atoms with E-state index in [1.165, 1.54) is 0 Å². The number of rotatable bonds is 7. The quantitative estimate of drug-likeness (QED) is 0.700. The summed E-state index contributed by atoms with van der Waals surface area (Å²) in [4.78, 5) is 8.22. The molecule has 1 unspecified atom stereocenters. The van der Waals surface area contributed by atoms with Gasteiger partial charge >= 0.3 is 0 Å². The van der Waals surface area contributed by atoms with Crippen molar-refractivity contribution in [1.29, 1.82) is 0 Å². The molecule has 6 nitrogen and oxygen atoms in total. The predicted octanol–water partition coefficient (Wildman–Crippen LogP) is 2.09. The first-order chi connectivity index (χ1) is 10.8. The van der Waals surface area contributed by atoms with E-state index in [9.17, 15) is 0 Å². The summed E-state index contributed by atoms with van der Waals surface area (Å²) >= 11 is 0. The lowest BCUT2D eigenvalue weighted by molar-refractivity contribution is 0.445. The van der Waals surface area contributed by atoms with Crippen molar-refractivity contribution in [2.75, 3.05) is 6.54 Å². The van der Waals surface area contributed by atoms with Gasteiger partial charge in [0.15, 0.2) is 0 Å². The average Bonchev–Trinajstić information content (AvgIpc) is 3.20. The van der Waals surface area contributed by atoms with Crippen LogP contribution >= 0.6 is 0 Å². The van der Waals surface area contributed by atoms with Crippen LogP contribution in [0.25, 0.3) is 11.3 Å². The van der Waals surface area contributed by atoms with E-state index in [-0.39, 0.29) is 0 Å². The molecular formula is C16H20N6. The van der Waals surface area contributed by atoms with Crippen molar-refractivity contribution < 1.29 is 0 Å². The highest BCUT2D eigenvalue weighted by atomic mass is 15.1. The minimum Gasteiger partial charge on any atom is -0.337 e. The first-order valence-corrected chi connectivity index (χ1v) is 7.42. The van der Waals surface area contributed by atoms with Gasteiger partial charge in [-0.2, -0.15) is 5.10 Å². The summed E-state index contributed by atoms with van der Waals surface area (Å²) in [5, 5.41) is 10.7. The number of nitrogens with one attached hydrogen (secondary N) is 2. The van der Waals surface area contributed by atoms with E-state index in [0.29, 0.717) is 5.92 Å². The third-order valence-corrected chi connectivity index (χ3v) is 3.56. The Morgan fingerprint density at radius 1 is 1.27 bits per heavy atom. The van der Waals surface area contributed by atoms with Crippen molar-refractivity contribution in [3.05, 3.63) is 55.0 Å². The van der Waals surface area contributed by atoms with Crippen LogP contribution in [0.5, 0.6) is 0 Å². The molecule has 114 valence electrons. The summed E-state index contributed by atoms with van der Waals surface area (Å²) < 4.78 is 2.10. The first-order valence-electron chi connectivity index (χ1n) is 7.42. The number of nitrogens with zero attached hydrogens (tertiary/aromatic N) is 4. The first kappa shape index (κ1) is 14.5. The van der Waals surface area contributed by atoms with Gasteiger partial charge in [-0.05, 0) is 24.6 Å². The van der Waals surface area contributed by atoms with E-state index < -0.39 is 0 Å². The maximum absolute atomic E-state index is 4.16. The Balaban J connectivity index is 1.53. The number of hydrogen-bond acceptors (Lipinski definition) is 4. The molecule has 6 heteroatoms. The third kappa shape index (κ3) is 3.59. The smallest absolute Gasteiger partial charge is 0.0946 e. The number of H-pyrrole nitrogens is 1. The molecule has 3 aromatic rings. The maximum Gasteiger partial charge on any atom is 0.0946 e. The van der Waals surface area contributed by atoms with Gasteiger partial charge in [0.2, 0.25) is 0 Å². The topological polar surface area (TPSA) is 71.4 Å². The molecule has 0 radical (unpaired) electrons. The second kappa shape index (κ2) is 7.00. The van der Waals surface area contributed by atoms with Crippen LogP contribution in [0.1, 0.15) is 12.5 Å². The number of aromatic nitrogens is 5. The van der Waals surface area contributed by atoms with Crippen molar-refractivity contribution in [2.45, 2.75) is 20.0 Å². The minimum atomic E-state index is 0.531. The van der Waals surface area contributed by atoms with Gasteiger partial charge in [-0.25, -0.2) is 4.98 Å². The highest BCUT2D eigenvalue weighted by Crippen LogP contribution is 2.19. The third-order valence-electron chi connectivity index (χ3n) is 3.56. The van der Waals surface area contributed by atoms with Gasteiger partial charge in [-0.15, -0.1) is 0 Å².